The van der Waals surface area contributed by atoms with Crippen LogP contribution >= 0.6 is 11.3 Å². The molecule has 2 aromatic rings. The molecule has 0 spiro atoms. The summed E-state index contributed by atoms with van der Waals surface area (Å²) in [6.45, 7) is 7.44. The van der Waals surface area contributed by atoms with Gasteiger partial charge in [-0.2, -0.15) is 0 Å². The first kappa shape index (κ1) is 18.6. The number of aryl methyl sites for hydroxylation is 1. The maximum Gasteiger partial charge on any atom is 0.252 e. The van der Waals surface area contributed by atoms with E-state index in [1.165, 1.54) is 10.4 Å². The number of hydrogen-bond acceptors (Lipinski definition) is 3. The minimum absolute atomic E-state index is 0.0254. The van der Waals surface area contributed by atoms with Crippen molar-refractivity contribution in [2.24, 2.45) is 5.92 Å². The highest BCUT2D eigenvalue weighted by Gasteiger charge is 2.29. The van der Waals surface area contributed by atoms with E-state index < -0.39 is 6.04 Å². The molecule has 0 bridgehead atoms. The molecule has 1 unspecified atom stereocenters. The highest BCUT2D eigenvalue weighted by Crippen LogP contribution is 2.25. The number of fused-ring (bicyclic) bond motifs is 1. The van der Waals surface area contributed by atoms with Crippen LogP contribution in [0.25, 0.3) is 0 Å². The zero-order chi connectivity index (χ0) is 18.7. The third-order valence-electron chi connectivity index (χ3n) is 4.82. The highest BCUT2D eigenvalue weighted by molar-refractivity contribution is 7.10. The third-order valence-corrected chi connectivity index (χ3v) is 5.84. The predicted octanol–water partition coefficient (Wildman–Crippen LogP) is 3.79. The topological polar surface area (TPSA) is 49.4 Å². The van der Waals surface area contributed by atoms with E-state index in [1.807, 2.05) is 30.0 Å². The Hall–Kier alpha value is -2.14. The fourth-order valence-corrected chi connectivity index (χ4v) is 4.30. The lowest BCUT2D eigenvalue weighted by atomic mass is 10.00. The summed E-state index contributed by atoms with van der Waals surface area (Å²) in [6.07, 6.45) is 1.54. The van der Waals surface area contributed by atoms with Crippen LogP contribution in [0.15, 0.2) is 35.7 Å². The monoisotopic (exact) mass is 370 g/mol. The molecule has 0 aliphatic carbocycles. The minimum Gasteiger partial charge on any atom is -0.340 e. The molecule has 0 radical (unpaired) electrons. The summed E-state index contributed by atoms with van der Waals surface area (Å²) in [5.41, 5.74) is 2.79. The highest BCUT2D eigenvalue weighted by atomic mass is 32.1. The summed E-state index contributed by atoms with van der Waals surface area (Å²) in [4.78, 5) is 29.1. The van der Waals surface area contributed by atoms with E-state index in [2.05, 4.69) is 30.6 Å². The number of rotatable bonds is 5. The first-order valence-electron chi connectivity index (χ1n) is 9.16. The summed E-state index contributed by atoms with van der Waals surface area (Å²) in [6, 6.07) is 9.10. The largest absolute Gasteiger partial charge is 0.340 e. The number of nitrogens with zero attached hydrogens (tertiary/aromatic N) is 1. The van der Waals surface area contributed by atoms with Gasteiger partial charge in [0.05, 0.1) is 0 Å². The van der Waals surface area contributed by atoms with Crippen LogP contribution in [0.1, 0.15) is 46.6 Å². The van der Waals surface area contributed by atoms with E-state index in [1.54, 1.807) is 17.4 Å². The molecule has 5 heteroatoms. The van der Waals surface area contributed by atoms with Crippen LogP contribution < -0.4 is 5.32 Å². The Morgan fingerprint density at radius 2 is 2.00 bits per heavy atom. The van der Waals surface area contributed by atoms with Crippen molar-refractivity contribution in [1.82, 2.24) is 10.2 Å². The molecule has 1 atom stereocenters. The molecule has 1 aliphatic rings. The zero-order valence-corrected chi connectivity index (χ0v) is 16.4. The van der Waals surface area contributed by atoms with Crippen LogP contribution in [0, 0.1) is 12.8 Å². The third kappa shape index (κ3) is 4.15. The summed E-state index contributed by atoms with van der Waals surface area (Å²) < 4.78 is 0. The smallest absolute Gasteiger partial charge is 0.252 e. The van der Waals surface area contributed by atoms with Crippen molar-refractivity contribution >= 4 is 23.2 Å². The Bertz CT molecular complexity index is 797. The quantitative estimate of drug-likeness (QED) is 0.871. The first-order valence-corrected chi connectivity index (χ1v) is 10.0. The second-order valence-corrected chi connectivity index (χ2v) is 8.35. The summed E-state index contributed by atoms with van der Waals surface area (Å²) >= 11 is 1.76. The van der Waals surface area contributed by atoms with Gasteiger partial charge in [0.15, 0.2) is 0 Å². The molecule has 0 saturated carbocycles. The van der Waals surface area contributed by atoms with Crippen LogP contribution in [-0.4, -0.2) is 29.3 Å². The average molecular weight is 371 g/mol. The Kier molecular flexibility index (Phi) is 5.77. The number of benzene rings is 1. The van der Waals surface area contributed by atoms with Crippen LogP contribution in [0.2, 0.25) is 0 Å². The van der Waals surface area contributed by atoms with Gasteiger partial charge in [0.25, 0.3) is 5.91 Å². The van der Waals surface area contributed by atoms with Gasteiger partial charge >= 0.3 is 0 Å². The zero-order valence-electron chi connectivity index (χ0n) is 15.6. The van der Waals surface area contributed by atoms with Gasteiger partial charge in [0, 0.05) is 23.5 Å². The maximum absolute atomic E-state index is 13.1. The molecule has 2 heterocycles. The molecule has 0 saturated heterocycles. The molecule has 1 aliphatic heterocycles. The van der Waals surface area contributed by atoms with E-state index in [0.29, 0.717) is 24.4 Å². The maximum atomic E-state index is 13.1. The molecule has 1 aromatic heterocycles. The minimum atomic E-state index is -0.484. The van der Waals surface area contributed by atoms with E-state index in [9.17, 15) is 9.59 Å². The molecule has 1 aromatic carbocycles. The van der Waals surface area contributed by atoms with Gasteiger partial charge in [-0.05, 0) is 54.3 Å². The Morgan fingerprint density at radius 1 is 1.23 bits per heavy atom. The molecule has 1 N–H and O–H groups in total. The predicted molar refractivity (Wildman–Crippen MR) is 105 cm³/mol. The van der Waals surface area contributed by atoms with Crippen molar-refractivity contribution in [3.8, 4) is 0 Å². The number of carbonyl (C=O) groups is 2. The molecular formula is C21H26N2O2S. The lowest BCUT2D eigenvalue weighted by molar-refractivity contribution is -0.134. The molecule has 3 rings (SSSR count). The van der Waals surface area contributed by atoms with E-state index in [0.717, 1.165) is 18.5 Å². The fraction of sp³-hybridized carbons (Fsp3) is 0.429. The van der Waals surface area contributed by atoms with Crippen molar-refractivity contribution in [1.29, 1.82) is 0 Å². The number of hydrogen-bond donors (Lipinski definition) is 1. The summed E-state index contributed by atoms with van der Waals surface area (Å²) in [7, 11) is 0. The van der Waals surface area contributed by atoms with Gasteiger partial charge in [0.2, 0.25) is 5.91 Å². The van der Waals surface area contributed by atoms with Gasteiger partial charge in [-0.25, -0.2) is 0 Å². The van der Waals surface area contributed by atoms with Crippen LogP contribution in [0.3, 0.4) is 0 Å². The average Bonchev–Trinajstić information content (AvgIpc) is 3.08. The summed E-state index contributed by atoms with van der Waals surface area (Å²) in [5, 5.41) is 5.08. The van der Waals surface area contributed by atoms with Crippen LogP contribution in [-0.2, 0) is 17.8 Å². The van der Waals surface area contributed by atoms with E-state index in [4.69, 9.17) is 0 Å². The van der Waals surface area contributed by atoms with Gasteiger partial charge in [-0.15, -0.1) is 11.3 Å². The lowest BCUT2D eigenvalue weighted by Gasteiger charge is -2.31. The fourth-order valence-electron chi connectivity index (χ4n) is 3.41. The lowest BCUT2D eigenvalue weighted by Crippen LogP contribution is -2.50. The Labute approximate surface area is 159 Å². The van der Waals surface area contributed by atoms with Crippen molar-refractivity contribution in [2.75, 3.05) is 6.54 Å². The molecule has 138 valence electrons. The van der Waals surface area contributed by atoms with Crippen molar-refractivity contribution in [3.05, 3.63) is 57.3 Å². The van der Waals surface area contributed by atoms with Gasteiger partial charge in [-0.3, -0.25) is 9.59 Å². The normalized spacial score (nSPS) is 14.8. The van der Waals surface area contributed by atoms with Crippen molar-refractivity contribution in [2.45, 2.75) is 46.2 Å². The van der Waals surface area contributed by atoms with Gasteiger partial charge in [0.1, 0.15) is 6.04 Å². The second kappa shape index (κ2) is 8.04. The van der Waals surface area contributed by atoms with Gasteiger partial charge in [-0.1, -0.05) is 32.0 Å². The second-order valence-electron chi connectivity index (χ2n) is 7.35. The number of carbonyl (C=O) groups excluding carboxylic acids is 2. The molecule has 0 fully saturated rings. The molecular weight excluding hydrogens is 344 g/mol. The molecule has 4 nitrogen and oxygen atoms in total. The molecule has 2 amide bonds. The van der Waals surface area contributed by atoms with Crippen molar-refractivity contribution in [3.63, 3.8) is 0 Å². The first-order chi connectivity index (χ1) is 12.5. The van der Waals surface area contributed by atoms with E-state index in [-0.39, 0.29) is 11.8 Å². The number of amides is 2. The Morgan fingerprint density at radius 3 is 2.73 bits per heavy atom. The molecule has 26 heavy (non-hydrogen) atoms. The standard InChI is InChI=1S/C21H26N2O2S/c1-14(2)12-18(22-20(24)17-7-5-4-6-15(17)3)21(25)23-10-8-19-16(13-23)9-11-26-19/h4-7,9,11,14,18H,8,10,12-13H2,1-3H3,(H,22,24). The SMILES string of the molecule is Cc1ccccc1C(=O)NC(CC(C)C)C(=O)N1CCc2sccc2C1. The summed E-state index contributed by atoms with van der Waals surface area (Å²) in [5.74, 6) is 0.176. The van der Waals surface area contributed by atoms with E-state index >= 15 is 0 Å². The Balaban J connectivity index is 1.74. The number of thiophene rings is 1. The van der Waals surface area contributed by atoms with Crippen LogP contribution in [0.5, 0.6) is 0 Å². The van der Waals surface area contributed by atoms with Crippen molar-refractivity contribution < 1.29 is 9.59 Å². The van der Waals surface area contributed by atoms with Crippen LogP contribution in [0.4, 0.5) is 0 Å². The number of nitrogens with one attached hydrogen (secondary N) is 1. The van der Waals surface area contributed by atoms with Gasteiger partial charge < -0.3 is 10.2 Å².